The lowest BCUT2D eigenvalue weighted by molar-refractivity contribution is 0.127. The van der Waals surface area contributed by atoms with Gasteiger partial charge in [0.05, 0.1) is 34.1 Å². The van der Waals surface area contributed by atoms with Crippen LogP contribution in [0.2, 0.25) is 10.0 Å². The first-order chi connectivity index (χ1) is 30.4. The second-order valence-electron chi connectivity index (χ2n) is 13.9. The topological polar surface area (TPSA) is 105 Å². The Hall–Kier alpha value is -6.96. The first kappa shape index (κ1) is 44.1. The van der Waals surface area contributed by atoms with Crippen molar-refractivity contribution in [2.75, 3.05) is 0 Å². The standard InChI is InChI=1S/C16H12ClFN2O.C16H13ClN2O.C16H11F3N2O/c1-2-20-13-5-3-4-12(18)15(13)19-14(16(20)21)10-6-8-11(17)9-7-10;1-2-19-14-6-4-3-5-13(14)18-15(16(19)20)11-7-9-12(17)10-8-11;17-11-7-5-10(6-8-11)15-16(22)21(9-14(18)19)13-4-2-1-3-12(13)20-15/h3-9H,2H2,1H3;3-10H,2H2,1H3;1-8,14H,9H2. The number of nitrogens with zero attached hydrogens (tertiary/aromatic N) is 6. The van der Waals surface area contributed by atoms with Crippen molar-refractivity contribution in [2.45, 2.75) is 39.9 Å². The molecule has 0 unspecified atom stereocenters. The van der Waals surface area contributed by atoms with Gasteiger partial charge in [-0.15, -0.1) is 0 Å². The molecule has 0 bridgehead atoms. The quantitative estimate of drug-likeness (QED) is 0.148. The van der Waals surface area contributed by atoms with E-state index in [2.05, 4.69) is 15.0 Å². The summed E-state index contributed by atoms with van der Waals surface area (Å²) in [5.41, 5.74) is 4.73. The second-order valence-corrected chi connectivity index (χ2v) is 14.8. The van der Waals surface area contributed by atoms with Crippen LogP contribution in [0.1, 0.15) is 13.8 Å². The van der Waals surface area contributed by atoms with Crippen LogP contribution in [0.5, 0.6) is 0 Å². The molecule has 0 aliphatic carbocycles. The molecule has 3 heterocycles. The summed E-state index contributed by atoms with van der Waals surface area (Å²) in [5, 5.41) is 1.21. The van der Waals surface area contributed by atoms with Gasteiger partial charge in [-0.05, 0) is 98.8 Å². The van der Waals surface area contributed by atoms with Gasteiger partial charge in [0.2, 0.25) is 0 Å². The van der Waals surface area contributed by atoms with Crippen LogP contribution in [0.25, 0.3) is 66.9 Å². The Morgan fingerprint density at radius 1 is 0.492 bits per heavy atom. The van der Waals surface area contributed by atoms with E-state index in [0.717, 1.165) is 21.2 Å². The number of alkyl halides is 2. The lowest BCUT2D eigenvalue weighted by Crippen LogP contribution is -2.26. The van der Waals surface area contributed by atoms with Gasteiger partial charge in [0.1, 0.15) is 28.4 Å². The van der Waals surface area contributed by atoms with E-state index in [9.17, 15) is 31.9 Å². The number of aryl methyl sites for hydroxylation is 2. The minimum Gasteiger partial charge on any atom is -0.305 e. The number of benzene rings is 6. The Morgan fingerprint density at radius 3 is 1.37 bits per heavy atom. The Balaban J connectivity index is 0.000000142. The molecule has 0 saturated carbocycles. The van der Waals surface area contributed by atoms with Crippen LogP contribution in [0, 0.1) is 11.6 Å². The van der Waals surface area contributed by atoms with Crippen molar-refractivity contribution >= 4 is 56.3 Å². The van der Waals surface area contributed by atoms with Gasteiger partial charge in [-0.25, -0.2) is 32.5 Å². The highest BCUT2D eigenvalue weighted by Crippen LogP contribution is 2.23. The minimum atomic E-state index is -2.66. The fraction of sp³-hybridized carbons (Fsp3) is 0.125. The van der Waals surface area contributed by atoms with Crippen LogP contribution in [-0.2, 0) is 19.6 Å². The molecule has 0 aliphatic heterocycles. The van der Waals surface area contributed by atoms with Crippen LogP contribution in [0.15, 0.2) is 154 Å². The zero-order valence-corrected chi connectivity index (χ0v) is 35.2. The van der Waals surface area contributed by atoms with E-state index >= 15 is 0 Å². The molecule has 6 aromatic carbocycles. The molecule has 9 aromatic rings. The van der Waals surface area contributed by atoms with Crippen molar-refractivity contribution in [3.63, 3.8) is 0 Å². The molecule has 0 N–H and O–H groups in total. The van der Waals surface area contributed by atoms with Crippen molar-refractivity contribution in [3.05, 3.63) is 192 Å². The molecule has 0 aliphatic rings. The van der Waals surface area contributed by atoms with Crippen molar-refractivity contribution in [1.82, 2.24) is 28.7 Å². The predicted octanol–water partition coefficient (Wildman–Crippen LogP) is 11.1. The third-order valence-electron chi connectivity index (χ3n) is 9.94. The molecule has 0 amide bonds. The summed E-state index contributed by atoms with van der Waals surface area (Å²) in [4.78, 5) is 50.6. The van der Waals surface area contributed by atoms with Crippen molar-refractivity contribution in [3.8, 4) is 33.8 Å². The fourth-order valence-electron chi connectivity index (χ4n) is 6.95. The Labute approximate surface area is 367 Å². The van der Waals surface area contributed by atoms with Crippen LogP contribution < -0.4 is 16.7 Å². The van der Waals surface area contributed by atoms with E-state index in [-0.39, 0.29) is 28.0 Å². The van der Waals surface area contributed by atoms with Gasteiger partial charge in [0.15, 0.2) is 5.82 Å². The molecule has 0 spiro atoms. The molecular weight excluding hydrogens is 855 g/mol. The predicted molar refractivity (Wildman–Crippen MR) is 242 cm³/mol. The normalized spacial score (nSPS) is 11.1. The Morgan fingerprint density at radius 2 is 0.889 bits per heavy atom. The number of fused-ring (bicyclic) bond motifs is 3. The van der Waals surface area contributed by atoms with Crippen LogP contribution in [-0.4, -0.2) is 35.1 Å². The van der Waals surface area contributed by atoms with Gasteiger partial charge in [-0.3, -0.25) is 19.0 Å². The Kier molecular flexibility index (Phi) is 13.6. The maximum atomic E-state index is 14.0. The molecule has 9 nitrogen and oxygen atoms in total. The Bertz CT molecular complexity index is 3270. The number of aromatic nitrogens is 6. The summed E-state index contributed by atoms with van der Waals surface area (Å²) in [6, 6.07) is 38.0. The molecule has 3 aromatic heterocycles. The third-order valence-corrected chi connectivity index (χ3v) is 10.4. The summed E-state index contributed by atoms with van der Waals surface area (Å²) in [7, 11) is 0. The smallest absolute Gasteiger partial charge is 0.277 e. The highest BCUT2D eigenvalue weighted by molar-refractivity contribution is 6.30. The van der Waals surface area contributed by atoms with Crippen molar-refractivity contribution < 1.29 is 17.6 Å². The minimum absolute atomic E-state index is 0.0272. The number of hydrogen-bond acceptors (Lipinski definition) is 6. The molecule has 0 radical (unpaired) electrons. The largest absolute Gasteiger partial charge is 0.305 e. The molecule has 63 heavy (non-hydrogen) atoms. The zero-order chi connectivity index (χ0) is 44.8. The first-order valence-corrected chi connectivity index (χ1v) is 20.4. The number of para-hydroxylation sites is 5. The van der Waals surface area contributed by atoms with E-state index in [1.54, 1.807) is 77.4 Å². The van der Waals surface area contributed by atoms with Crippen molar-refractivity contribution in [1.29, 1.82) is 0 Å². The maximum Gasteiger partial charge on any atom is 0.277 e. The molecule has 15 heteroatoms. The third kappa shape index (κ3) is 9.59. The number of hydrogen-bond donors (Lipinski definition) is 0. The average Bonchev–Trinajstić information content (AvgIpc) is 3.28. The molecule has 0 fully saturated rings. The molecule has 318 valence electrons. The monoisotopic (exact) mass is 890 g/mol. The summed E-state index contributed by atoms with van der Waals surface area (Å²) >= 11 is 11.7. The van der Waals surface area contributed by atoms with Crippen LogP contribution in [0.4, 0.5) is 17.6 Å². The van der Waals surface area contributed by atoms with E-state index in [1.165, 1.54) is 34.9 Å². The summed E-state index contributed by atoms with van der Waals surface area (Å²) in [6.45, 7) is 4.15. The molecular formula is C48H36Cl2F4N6O3. The lowest BCUT2D eigenvalue weighted by atomic mass is 10.1. The van der Waals surface area contributed by atoms with E-state index in [0.29, 0.717) is 56.5 Å². The van der Waals surface area contributed by atoms with E-state index in [1.807, 2.05) is 50.2 Å². The fourth-order valence-corrected chi connectivity index (χ4v) is 7.20. The maximum absolute atomic E-state index is 14.0. The van der Waals surface area contributed by atoms with Gasteiger partial charge in [-0.1, -0.05) is 77.8 Å². The molecule has 9 rings (SSSR count). The first-order valence-electron chi connectivity index (χ1n) is 19.6. The SMILES string of the molecule is CCn1c(=O)c(-c2ccc(Cl)cc2)nc2c(F)cccc21.CCn1c(=O)c(-c2ccc(Cl)cc2)nc2ccccc21.O=c1c(-c2ccc(F)cc2)nc2ccccc2n1CC(F)F. The van der Waals surface area contributed by atoms with Gasteiger partial charge < -0.3 is 9.13 Å². The lowest BCUT2D eigenvalue weighted by Gasteiger charge is -2.11. The summed E-state index contributed by atoms with van der Waals surface area (Å²) in [5.74, 6) is -0.887. The van der Waals surface area contributed by atoms with Gasteiger partial charge in [0.25, 0.3) is 23.1 Å². The zero-order valence-electron chi connectivity index (χ0n) is 33.7. The van der Waals surface area contributed by atoms with Gasteiger partial charge in [0, 0.05) is 39.8 Å². The number of halogens is 6. The second kappa shape index (κ2) is 19.4. The molecule has 0 atom stereocenters. The van der Waals surface area contributed by atoms with Crippen molar-refractivity contribution in [2.24, 2.45) is 0 Å². The van der Waals surface area contributed by atoms with E-state index < -0.39 is 30.2 Å². The van der Waals surface area contributed by atoms with Crippen LogP contribution >= 0.6 is 23.2 Å². The van der Waals surface area contributed by atoms with Gasteiger partial charge >= 0.3 is 0 Å². The van der Waals surface area contributed by atoms with E-state index in [4.69, 9.17) is 23.2 Å². The average molecular weight is 892 g/mol. The summed E-state index contributed by atoms with van der Waals surface area (Å²) < 4.78 is 56.8. The highest BCUT2D eigenvalue weighted by Gasteiger charge is 2.17. The van der Waals surface area contributed by atoms with Gasteiger partial charge in [-0.2, -0.15) is 0 Å². The molecule has 0 saturated heterocycles. The highest BCUT2D eigenvalue weighted by atomic mass is 35.5. The summed E-state index contributed by atoms with van der Waals surface area (Å²) in [6.07, 6.45) is -2.66. The van der Waals surface area contributed by atoms with Crippen LogP contribution in [0.3, 0.4) is 0 Å². The number of rotatable bonds is 7.